The van der Waals surface area contributed by atoms with Crippen molar-refractivity contribution in [2.24, 2.45) is 0 Å². The molecule has 1 heterocycles. The Labute approximate surface area is 127 Å². The molecular weight excluding hydrogens is 326 g/mol. The van der Waals surface area contributed by atoms with Crippen LogP contribution in [0.25, 0.3) is 17.3 Å². The molecule has 2 aromatic rings. The van der Waals surface area contributed by atoms with E-state index >= 15 is 0 Å². The quantitative estimate of drug-likeness (QED) is 0.849. The number of nitrogens with zero attached hydrogens (tertiary/aromatic N) is 2. The van der Waals surface area contributed by atoms with Crippen molar-refractivity contribution < 1.29 is 13.2 Å². The predicted octanol–water partition coefficient (Wildman–Crippen LogP) is 4.92. The van der Waals surface area contributed by atoms with Gasteiger partial charge in [0.2, 0.25) is 0 Å². The average Bonchev–Trinajstić information content (AvgIpc) is 2.79. The first kappa shape index (κ1) is 15.4. The molecular formula is C13H6Cl2F3N3. The van der Waals surface area contributed by atoms with Gasteiger partial charge in [0, 0.05) is 11.1 Å². The maximum Gasteiger partial charge on any atom is 0.416 e. The summed E-state index contributed by atoms with van der Waals surface area (Å²) in [5.74, 6) is 0. The second kappa shape index (κ2) is 5.43. The third-order valence-electron chi connectivity index (χ3n) is 2.73. The highest BCUT2D eigenvalue weighted by molar-refractivity contribution is 6.39. The second-order valence-electron chi connectivity index (χ2n) is 3.99. The van der Waals surface area contributed by atoms with Gasteiger partial charge in [-0.2, -0.15) is 23.5 Å². The van der Waals surface area contributed by atoms with Crippen LogP contribution in [0, 0.1) is 11.3 Å². The fourth-order valence-corrected chi connectivity index (χ4v) is 2.48. The van der Waals surface area contributed by atoms with Crippen molar-refractivity contribution in [1.29, 1.82) is 5.26 Å². The van der Waals surface area contributed by atoms with Crippen LogP contribution in [0.3, 0.4) is 0 Å². The van der Waals surface area contributed by atoms with Crippen molar-refractivity contribution in [3.63, 3.8) is 0 Å². The Morgan fingerprint density at radius 1 is 1.29 bits per heavy atom. The molecule has 108 valence electrons. The molecule has 0 fully saturated rings. The third kappa shape index (κ3) is 2.75. The van der Waals surface area contributed by atoms with Crippen molar-refractivity contribution in [3.05, 3.63) is 45.6 Å². The van der Waals surface area contributed by atoms with Gasteiger partial charge < -0.3 is 0 Å². The van der Waals surface area contributed by atoms with Crippen LogP contribution in [0.4, 0.5) is 13.2 Å². The predicted molar refractivity (Wildman–Crippen MR) is 73.9 cm³/mol. The van der Waals surface area contributed by atoms with Gasteiger partial charge in [0.1, 0.15) is 6.07 Å². The van der Waals surface area contributed by atoms with Crippen LogP contribution in [0.5, 0.6) is 0 Å². The summed E-state index contributed by atoms with van der Waals surface area (Å²) < 4.78 is 38.1. The topological polar surface area (TPSA) is 52.5 Å². The number of H-pyrrole nitrogens is 1. The Kier molecular flexibility index (Phi) is 3.99. The fourth-order valence-electron chi connectivity index (χ4n) is 1.80. The van der Waals surface area contributed by atoms with Gasteiger partial charge >= 0.3 is 6.18 Å². The first-order valence-corrected chi connectivity index (χ1v) is 6.22. The van der Waals surface area contributed by atoms with Crippen molar-refractivity contribution in [1.82, 2.24) is 10.2 Å². The Balaban J connectivity index is 2.70. The smallest absolute Gasteiger partial charge is 0.276 e. The lowest BCUT2D eigenvalue weighted by molar-refractivity contribution is -0.137. The molecule has 0 aliphatic carbocycles. The summed E-state index contributed by atoms with van der Waals surface area (Å²) in [4.78, 5) is 0. The molecule has 3 nitrogen and oxygen atoms in total. The highest BCUT2D eigenvalue weighted by atomic mass is 35.5. The third-order valence-corrected chi connectivity index (χ3v) is 3.33. The molecule has 0 atom stereocenters. The second-order valence-corrected chi connectivity index (χ2v) is 4.80. The maximum absolute atomic E-state index is 12.7. The molecule has 0 bridgehead atoms. The number of hydrogen-bond acceptors (Lipinski definition) is 2. The normalized spacial score (nSPS) is 11.2. The number of nitriles is 1. The molecule has 2 rings (SSSR count). The van der Waals surface area contributed by atoms with Crippen LogP contribution in [-0.4, -0.2) is 10.2 Å². The maximum atomic E-state index is 12.7. The number of alkyl halides is 3. The molecule has 0 amide bonds. The van der Waals surface area contributed by atoms with Crippen molar-refractivity contribution in [2.45, 2.75) is 6.18 Å². The number of benzene rings is 1. The van der Waals surface area contributed by atoms with Crippen molar-refractivity contribution >= 4 is 29.3 Å². The largest absolute Gasteiger partial charge is 0.416 e. The minimum atomic E-state index is -4.56. The number of hydrogen-bond donors (Lipinski definition) is 1. The minimum Gasteiger partial charge on any atom is -0.276 e. The molecule has 0 saturated heterocycles. The Bertz CT molecular complexity index is 734. The number of nitrogens with one attached hydrogen (secondary N) is 1. The summed E-state index contributed by atoms with van der Waals surface area (Å²) in [6.45, 7) is 3.54. The Morgan fingerprint density at radius 3 is 2.29 bits per heavy atom. The Hall–Kier alpha value is -1.97. The minimum absolute atomic E-state index is 0.0482. The van der Waals surface area contributed by atoms with Gasteiger partial charge in [0.15, 0.2) is 5.69 Å². The van der Waals surface area contributed by atoms with Gasteiger partial charge in [0.25, 0.3) is 0 Å². The summed E-state index contributed by atoms with van der Waals surface area (Å²) in [6.07, 6.45) is -3.21. The van der Waals surface area contributed by atoms with Gasteiger partial charge in [-0.25, -0.2) is 0 Å². The SMILES string of the molecule is C=Cc1c(C#N)n[nH]c1-c1c(Cl)cc(C(F)(F)F)cc1Cl. The van der Waals surface area contributed by atoms with Gasteiger partial charge in [-0.15, -0.1) is 0 Å². The van der Waals surface area contributed by atoms with E-state index in [0.29, 0.717) is 5.56 Å². The van der Waals surface area contributed by atoms with Crippen LogP contribution in [0.1, 0.15) is 16.8 Å². The summed E-state index contributed by atoms with van der Waals surface area (Å²) >= 11 is 11.8. The van der Waals surface area contributed by atoms with Gasteiger partial charge in [-0.05, 0) is 12.1 Å². The molecule has 0 unspecified atom stereocenters. The summed E-state index contributed by atoms with van der Waals surface area (Å²) in [7, 11) is 0. The van der Waals surface area contributed by atoms with Crippen LogP contribution < -0.4 is 0 Å². The Morgan fingerprint density at radius 2 is 1.86 bits per heavy atom. The molecule has 1 aromatic heterocycles. The molecule has 8 heteroatoms. The average molecular weight is 332 g/mol. The zero-order valence-electron chi connectivity index (χ0n) is 10.2. The number of halogens is 5. The first-order valence-electron chi connectivity index (χ1n) is 5.47. The van der Waals surface area contributed by atoms with E-state index in [-0.39, 0.29) is 27.0 Å². The summed E-state index contributed by atoms with van der Waals surface area (Å²) in [5, 5.41) is 14.8. The van der Waals surface area contributed by atoms with E-state index in [0.717, 1.165) is 12.1 Å². The van der Waals surface area contributed by atoms with Crippen molar-refractivity contribution in [3.8, 4) is 17.3 Å². The fraction of sp³-hybridized carbons (Fsp3) is 0.0769. The zero-order valence-corrected chi connectivity index (χ0v) is 11.7. The van der Waals surface area contributed by atoms with E-state index in [1.807, 2.05) is 6.07 Å². The van der Waals surface area contributed by atoms with E-state index in [1.54, 1.807) is 0 Å². The lowest BCUT2D eigenvalue weighted by Gasteiger charge is -2.12. The lowest BCUT2D eigenvalue weighted by atomic mass is 10.0. The van der Waals surface area contributed by atoms with E-state index in [1.165, 1.54) is 6.08 Å². The van der Waals surface area contributed by atoms with Crippen molar-refractivity contribution in [2.75, 3.05) is 0 Å². The lowest BCUT2D eigenvalue weighted by Crippen LogP contribution is -2.05. The van der Waals surface area contributed by atoms with E-state index in [2.05, 4.69) is 16.8 Å². The zero-order chi connectivity index (χ0) is 15.8. The molecule has 0 aliphatic heterocycles. The molecule has 0 spiro atoms. The highest BCUT2D eigenvalue weighted by Gasteiger charge is 2.32. The molecule has 0 radical (unpaired) electrons. The van der Waals surface area contributed by atoms with E-state index < -0.39 is 11.7 Å². The first-order chi connectivity index (χ1) is 9.79. The van der Waals surface area contributed by atoms with E-state index in [4.69, 9.17) is 28.5 Å². The summed E-state index contributed by atoms with van der Waals surface area (Å²) in [5.41, 5.74) is -0.213. The van der Waals surface area contributed by atoms with Gasteiger partial charge in [-0.3, -0.25) is 5.10 Å². The highest BCUT2D eigenvalue weighted by Crippen LogP contribution is 2.41. The molecule has 1 aromatic carbocycles. The molecule has 0 aliphatic rings. The van der Waals surface area contributed by atoms with E-state index in [9.17, 15) is 13.2 Å². The molecule has 0 saturated carbocycles. The molecule has 1 N–H and O–H groups in total. The van der Waals surface area contributed by atoms with Gasteiger partial charge in [0.05, 0.1) is 21.3 Å². The standard InChI is InChI=1S/C13H6Cl2F3N3/c1-2-7-10(5-19)20-21-12(7)11-8(14)3-6(4-9(11)15)13(16,17)18/h2-4H,1H2,(H,20,21). The number of aromatic amines is 1. The van der Waals surface area contributed by atoms with Crippen LogP contribution in [0.2, 0.25) is 10.0 Å². The van der Waals surface area contributed by atoms with Crippen LogP contribution in [0.15, 0.2) is 18.7 Å². The number of aromatic nitrogens is 2. The van der Waals surface area contributed by atoms with Crippen LogP contribution in [-0.2, 0) is 6.18 Å². The monoisotopic (exact) mass is 331 g/mol. The van der Waals surface area contributed by atoms with Crippen LogP contribution >= 0.6 is 23.2 Å². The number of rotatable bonds is 2. The summed E-state index contributed by atoms with van der Waals surface area (Å²) in [6, 6.07) is 3.36. The molecule has 21 heavy (non-hydrogen) atoms. The van der Waals surface area contributed by atoms with Gasteiger partial charge in [-0.1, -0.05) is 35.9 Å².